The van der Waals surface area contributed by atoms with E-state index in [9.17, 15) is 9.59 Å². The average Bonchev–Trinajstić information content (AvgIpc) is 2.49. The van der Waals surface area contributed by atoms with Crippen molar-refractivity contribution in [3.05, 3.63) is 24.3 Å². The van der Waals surface area contributed by atoms with Crippen LogP contribution in [0.5, 0.6) is 5.75 Å². The van der Waals surface area contributed by atoms with Crippen LogP contribution in [0.15, 0.2) is 29.2 Å². The third-order valence-corrected chi connectivity index (χ3v) is 3.94. The summed E-state index contributed by atoms with van der Waals surface area (Å²) in [6.07, 6.45) is 0.707. The number of amides is 1. The molecule has 0 saturated carbocycles. The second kappa shape index (κ2) is 9.28. The second-order valence-electron chi connectivity index (χ2n) is 4.81. The minimum Gasteiger partial charge on any atom is -0.497 e. The molecule has 0 radical (unpaired) electrons. The minimum atomic E-state index is -0.803. The number of carbonyl (C=O) groups is 2. The molecule has 0 aromatic heterocycles. The first-order valence-corrected chi connectivity index (χ1v) is 7.75. The Morgan fingerprint density at radius 3 is 2.57 bits per heavy atom. The summed E-state index contributed by atoms with van der Waals surface area (Å²) >= 11 is 1.46. The van der Waals surface area contributed by atoms with Gasteiger partial charge in [0, 0.05) is 17.9 Å². The maximum absolute atomic E-state index is 11.7. The quantitative estimate of drug-likeness (QED) is 0.685. The molecule has 0 heterocycles. The maximum Gasteiger partial charge on any atom is 0.303 e. The molecule has 116 valence electrons. The normalized spacial score (nSPS) is 11.7. The molecule has 21 heavy (non-hydrogen) atoms. The van der Waals surface area contributed by atoms with E-state index in [1.54, 1.807) is 7.11 Å². The maximum atomic E-state index is 11.7. The average molecular weight is 311 g/mol. The molecule has 1 aromatic rings. The first-order valence-electron chi connectivity index (χ1n) is 6.76. The molecular formula is C15H21NO4S. The summed E-state index contributed by atoms with van der Waals surface area (Å²) in [5.41, 5.74) is 0. The molecular weight excluding hydrogens is 290 g/mol. The van der Waals surface area contributed by atoms with Crippen molar-refractivity contribution in [3.8, 4) is 5.75 Å². The van der Waals surface area contributed by atoms with Crippen LogP contribution in [-0.2, 0) is 9.59 Å². The molecule has 1 aromatic carbocycles. The van der Waals surface area contributed by atoms with E-state index in [-0.39, 0.29) is 18.2 Å². The topological polar surface area (TPSA) is 75.6 Å². The fourth-order valence-corrected chi connectivity index (χ4v) is 2.36. The van der Waals surface area contributed by atoms with Gasteiger partial charge in [0.25, 0.3) is 0 Å². The van der Waals surface area contributed by atoms with Crippen LogP contribution in [0.4, 0.5) is 0 Å². The highest BCUT2D eigenvalue weighted by atomic mass is 32.2. The van der Waals surface area contributed by atoms with Crippen molar-refractivity contribution in [3.63, 3.8) is 0 Å². The van der Waals surface area contributed by atoms with Crippen molar-refractivity contribution < 1.29 is 19.4 Å². The SMILES string of the molecule is COc1ccc(SCC(=O)NCC(C)CCC(=O)O)cc1. The Kier molecular flexibility index (Phi) is 7.68. The lowest BCUT2D eigenvalue weighted by atomic mass is 10.1. The van der Waals surface area contributed by atoms with E-state index < -0.39 is 5.97 Å². The lowest BCUT2D eigenvalue weighted by molar-refractivity contribution is -0.137. The summed E-state index contributed by atoms with van der Waals surface area (Å²) < 4.78 is 5.07. The molecule has 0 aliphatic heterocycles. The zero-order chi connectivity index (χ0) is 15.7. The van der Waals surface area contributed by atoms with E-state index in [2.05, 4.69) is 5.32 Å². The summed E-state index contributed by atoms with van der Waals surface area (Å²) in [4.78, 5) is 23.2. The van der Waals surface area contributed by atoms with Gasteiger partial charge in [-0.3, -0.25) is 9.59 Å². The van der Waals surface area contributed by atoms with Crippen molar-refractivity contribution in [1.29, 1.82) is 0 Å². The van der Waals surface area contributed by atoms with Gasteiger partial charge in [0.2, 0.25) is 5.91 Å². The summed E-state index contributed by atoms with van der Waals surface area (Å²) in [7, 11) is 1.61. The van der Waals surface area contributed by atoms with Gasteiger partial charge in [0.15, 0.2) is 0 Å². The summed E-state index contributed by atoms with van der Waals surface area (Å²) in [5, 5.41) is 11.4. The van der Waals surface area contributed by atoms with Gasteiger partial charge in [-0.25, -0.2) is 0 Å². The lowest BCUT2D eigenvalue weighted by Crippen LogP contribution is -2.29. The van der Waals surface area contributed by atoms with Crippen molar-refractivity contribution >= 4 is 23.6 Å². The third kappa shape index (κ3) is 7.60. The summed E-state index contributed by atoms with van der Waals surface area (Å²) in [6, 6.07) is 7.53. The number of carboxylic acid groups (broad SMARTS) is 1. The van der Waals surface area contributed by atoms with Gasteiger partial charge in [-0.15, -0.1) is 11.8 Å². The van der Waals surface area contributed by atoms with E-state index in [1.807, 2.05) is 31.2 Å². The van der Waals surface area contributed by atoms with Gasteiger partial charge in [0.05, 0.1) is 12.9 Å². The second-order valence-corrected chi connectivity index (χ2v) is 5.85. The Labute approximate surface area is 129 Å². The van der Waals surface area contributed by atoms with Crippen LogP contribution in [0, 0.1) is 5.92 Å². The highest BCUT2D eigenvalue weighted by Crippen LogP contribution is 2.20. The van der Waals surface area contributed by atoms with Crippen LogP contribution in [0.1, 0.15) is 19.8 Å². The number of nitrogens with one attached hydrogen (secondary N) is 1. The Balaban J connectivity index is 2.22. The largest absolute Gasteiger partial charge is 0.497 e. The van der Waals surface area contributed by atoms with Crippen molar-refractivity contribution in [2.45, 2.75) is 24.7 Å². The Morgan fingerprint density at radius 2 is 2.00 bits per heavy atom. The Morgan fingerprint density at radius 1 is 1.33 bits per heavy atom. The standard InChI is InChI=1S/C15H21NO4S/c1-11(3-8-15(18)19)9-16-14(17)10-21-13-6-4-12(20-2)5-7-13/h4-7,11H,3,8-10H2,1-2H3,(H,16,17)(H,18,19). The van der Waals surface area contributed by atoms with E-state index >= 15 is 0 Å². The molecule has 1 atom stereocenters. The number of carboxylic acids is 1. The van der Waals surface area contributed by atoms with Crippen molar-refractivity contribution in [2.24, 2.45) is 5.92 Å². The van der Waals surface area contributed by atoms with Crippen LogP contribution < -0.4 is 10.1 Å². The number of thioether (sulfide) groups is 1. The highest BCUT2D eigenvalue weighted by Gasteiger charge is 2.08. The highest BCUT2D eigenvalue weighted by molar-refractivity contribution is 8.00. The number of ether oxygens (including phenoxy) is 1. The molecule has 6 heteroatoms. The van der Waals surface area contributed by atoms with Gasteiger partial charge in [0.1, 0.15) is 5.75 Å². The molecule has 0 saturated heterocycles. The number of benzene rings is 1. The fraction of sp³-hybridized carbons (Fsp3) is 0.467. The molecule has 5 nitrogen and oxygen atoms in total. The van der Waals surface area contributed by atoms with Gasteiger partial charge < -0.3 is 15.2 Å². The fourth-order valence-electron chi connectivity index (χ4n) is 1.63. The summed E-state index contributed by atoms with van der Waals surface area (Å²) in [5.74, 6) is 0.450. The molecule has 1 rings (SSSR count). The molecule has 0 fully saturated rings. The third-order valence-electron chi connectivity index (χ3n) is 2.93. The van der Waals surface area contributed by atoms with Crippen LogP contribution in [0.2, 0.25) is 0 Å². The van der Waals surface area contributed by atoms with Crippen molar-refractivity contribution in [2.75, 3.05) is 19.4 Å². The van der Waals surface area contributed by atoms with Gasteiger partial charge >= 0.3 is 5.97 Å². The first kappa shape index (κ1) is 17.4. The van der Waals surface area contributed by atoms with Gasteiger partial charge in [-0.05, 0) is 36.6 Å². The van der Waals surface area contributed by atoms with Crippen LogP contribution >= 0.6 is 11.8 Å². The molecule has 0 spiro atoms. The number of rotatable bonds is 9. The van der Waals surface area contributed by atoms with Crippen molar-refractivity contribution in [1.82, 2.24) is 5.32 Å². The smallest absolute Gasteiger partial charge is 0.303 e. The first-order chi connectivity index (χ1) is 10.0. The number of carbonyl (C=O) groups excluding carboxylic acids is 1. The summed E-state index contributed by atoms with van der Waals surface area (Å²) in [6.45, 7) is 2.44. The molecule has 1 unspecified atom stereocenters. The van der Waals surface area contributed by atoms with Crippen LogP contribution in [0.25, 0.3) is 0 Å². The molecule has 0 bridgehead atoms. The van der Waals surface area contributed by atoms with Gasteiger partial charge in [-0.1, -0.05) is 6.92 Å². The number of hydrogen-bond donors (Lipinski definition) is 2. The predicted molar refractivity (Wildman–Crippen MR) is 82.8 cm³/mol. The molecule has 0 aliphatic carbocycles. The van der Waals surface area contributed by atoms with E-state index in [0.29, 0.717) is 18.7 Å². The lowest BCUT2D eigenvalue weighted by Gasteiger charge is -2.11. The number of methoxy groups -OCH3 is 1. The number of hydrogen-bond acceptors (Lipinski definition) is 4. The predicted octanol–water partition coefficient (Wildman–Crippen LogP) is 2.40. The van der Waals surface area contributed by atoms with Gasteiger partial charge in [-0.2, -0.15) is 0 Å². The number of aliphatic carboxylic acids is 1. The minimum absolute atomic E-state index is 0.0435. The molecule has 0 aliphatic rings. The Hall–Kier alpha value is -1.69. The zero-order valence-corrected chi connectivity index (χ0v) is 13.1. The monoisotopic (exact) mass is 311 g/mol. The zero-order valence-electron chi connectivity index (χ0n) is 12.3. The molecule has 2 N–H and O–H groups in total. The van der Waals surface area contributed by atoms with E-state index in [4.69, 9.17) is 9.84 Å². The van der Waals surface area contributed by atoms with Crippen LogP contribution in [0.3, 0.4) is 0 Å². The molecule has 1 amide bonds. The Bertz CT molecular complexity index is 461. The van der Waals surface area contributed by atoms with E-state index in [1.165, 1.54) is 11.8 Å². The van der Waals surface area contributed by atoms with E-state index in [0.717, 1.165) is 10.6 Å². The van der Waals surface area contributed by atoms with Crippen LogP contribution in [-0.4, -0.2) is 36.4 Å².